The van der Waals surface area contributed by atoms with E-state index < -0.39 is 0 Å². The number of nitrogens with zero attached hydrogens (tertiary/aromatic N) is 3. The Bertz CT molecular complexity index is 641. The normalized spacial score (nSPS) is 12.6. The van der Waals surface area contributed by atoms with Crippen LogP contribution in [0.25, 0.3) is 11.4 Å². The Morgan fingerprint density at radius 1 is 1.25 bits per heavy atom. The van der Waals surface area contributed by atoms with Gasteiger partial charge in [-0.25, -0.2) is 0 Å². The average molecular weight is 266 g/mol. The summed E-state index contributed by atoms with van der Waals surface area (Å²) in [6, 6.07) is 7.99. The highest BCUT2D eigenvalue weighted by Crippen LogP contribution is 2.13. The highest BCUT2D eigenvalue weighted by Gasteiger charge is 2.06. The van der Waals surface area contributed by atoms with Gasteiger partial charge < -0.3 is 4.52 Å². The lowest BCUT2D eigenvalue weighted by atomic mass is 9.66. The number of aliphatic imine (C=N–C) groups is 1. The maximum Gasteiger partial charge on any atom is 0.223 e. The number of aromatic nitrogens is 2. The minimum Gasteiger partial charge on any atom is -0.339 e. The molecule has 5 heteroatoms. The topological polar surface area (TPSA) is 51.3 Å². The van der Waals surface area contributed by atoms with Crippen LogP contribution in [0.3, 0.4) is 0 Å². The zero-order valence-corrected chi connectivity index (χ0v) is 12.2. The van der Waals surface area contributed by atoms with Gasteiger partial charge in [-0.05, 0) is 26.4 Å². The highest BCUT2D eigenvalue weighted by molar-refractivity contribution is 6.85. The number of aryl methyl sites for hydroxylation is 1. The molecule has 0 spiro atoms. The summed E-state index contributed by atoms with van der Waals surface area (Å²) in [7, 11) is 2.04. The summed E-state index contributed by atoms with van der Waals surface area (Å²) in [6.45, 7) is 7.73. The molecule has 0 aliphatic rings. The van der Waals surface area contributed by atoms with Crippen LogP contribution in [0.5, 0.6) is 0 Å². The molecule has 1 aromatic carbocycles. The van der Waals surface area contributed by atoms with Gasteiger partial charge in [-0.15, -0.1) is 0 Å². The number of benzene rings is 1. The molecule has 0 amide bonds. The largest absolute Gasteiger partial charge is 0.339 e. The maximum atomic E-state index is 4.98. The molecule has 20 heavy (non-hydrogen) atoms. The fraction of sp³-hybridized carbons (Fsp3) is 0.267. The predicted molar refractivity (Wildman–Crippen MR) is 82.4 cm³/mol. The van der Waals surface area contributed by atoms with E-state index in [4.69, 9.17) is 4.52 Å². The van der Waals surface area contributed by atoms with E-state index in [0.29, 0.717) is 11.7 Å². The summed E-state index contributed by atoms with van der Waals surface area (Å²) in [6.07, 6.45) is 1.99. The molecule has 0 fully saturated rings. The van der Waals surface area contributed by atoms with Crippen LogP contribution >= 0.6 is 0 Å². The maximum absolute atomic E-state index is 4.98. The monoisotopic (exact) mass is 266 g/mol. The van der Waals surface area contributed by atoms with Gasteiger partial charge in [0.05, 0.1) is 0 Å². The van der Waals surface area contributed by atoms with E-state index in [1.54, 1.807) is 6.92 Å². The number of allylic oxidation sites excluding steroid dienone is 2. The van der Waals surface area contributed by atoms with E-state index in [0.717, 1.165) is 22.3 Å². The van der Waals surface area contributed by atoms with Gasteiger partial charge in [-0.1, -0.05) is 41.0 Å². The van der Waals surface area contributed by atoms with Gasteiger partial charge in [0, 0.05) is 18.2 Å². The van der Waals surface area contributed by atoms with Crippen molar-refractivity contribution in [1.82, 2.24) is 10.1 Å². The molecular formula is C15H17BN3O. The van der Waals surface area contributed by atoms with Crippen molar-refractivity contribution in [3.8, 4) is 11.4 Å². The summed E-state index contributed by atoms with van der Waals surface area (Å²) < 4.78 is 4.98. The number of hydrogen-bond donors (Lipinski definition) is 0. The Balaban J connectivity index is 2.11. The van der Waals surface area contributed by atoms with Crippen molar-refractivity contribution in [3.05, 3.63) is 41.9 Å². The van der Waals surface area contributed by atoms with Crippen LogP contribution in [0.1, 0.15) is 26.7 Å². The first-order valence-electron chi connectivity index (χ1n) is 6.52. The lowest BCUT2D eigenvalue weighted by Gasteiger charge is -2.01. The molecule has 0 saturated heterocycles. The molecule has 101 valence electrons. The Morgan fingerprint density at radius 2 is 1.95 bits per heavy atom. The summed E-state index contributed by atoms with van der Waals surface area (Å²) in [5.41, 5.74) is 4.03. The number of hydrogen-bond acceptors (Lipinski definition) is 4. The van der Waals surface area contributed by atoms with Crippen LogP contribution in [-0.4, -0.2) is 23.0 Å². The first-order valence-corrected chi connectivity index (χ1v) is 6.52. The van der Waals surface area contributed by atoms with Gasteiger partial charge in [0.2, 0.25) is 19.0 Å². The summed E-state index contributed by atoms with van der Waals surface area (Å²) in [5, 5.41) is 3.90. The quantitative estimate of drug-likeness (QED) is 0.631. The Kier molecular flexibility index (Phi) is 4.51. The summed E-state index contributed by atoms with van der Waals surface area (Å²) in [5.74, 6) is 1.18. The average Bonchev–Trinajstić information content (AvgIpc) is 2.86. The van der Waals surface area contributed by atoms with Gasteiger partial charge >= 0.3 is 0 Å². The van der Waals surface area contributed by atoms with Gasteiger partial charge in [-0.2, -0.15) is 4.98 Å². The highest BCUT2D eigenvalue weighted by atomic mass is 16.5. The van der Waals surface area contributed by atoms with E-state index in [2.05, 4.69) is 15.1 Å². The SMILES string of the molecule is C/C=C(/C)N=C(C)[B]c1ccc(-c2noc(C)n2)cc1. The third-order valence-corrected chi connectivity index (χ3v) is 2.84. The molecule has 0 saturated carbocycles. The molecule has 1 aromatic heterocycles. The summed E-state index contributed by atoms with van der Waals surface area (Å²) >= 11 is 0. The third-order valence-electron chi connectivity index (χ3n) is 2.84. The van der Waals surface area contributed by atoms with Crippen molar-refractivity contribution in [1.29, 1.82) is 0 Å². The van der Waals surface area contributed by atoms with Gasteiger partial charge in [-0.3, -0.25) is 4.99 Å². The second-order valence-corrected chi connectivity index (χ2v) is 4.59. The molecular weight excluding hydrogens is 249 g/mol. The smallest absolute Gasteiger partial charge is 0.223 e. The second-order valence-electron chi connectivity index (χ2n) is 4.59. The van der Waals surface area contributed by atoms with E-state index in [9.17, 15) is 0 Å². The molecule has 0 unspecified atom stereocenters. The third kappa shape index (κ3) is 3.67. The Morgan fingerprint density at radius 3 is 2.50 bits per heavy atom. The Hall–Kier alpha value is -2.17. The van der Waals surface area contributed by atoms with Crippen molar-refractivity contribution in [2.75, 3.05) is 0 Å². The molecule has 2 aromatic rings. The predicted octanol–water partition coefficient (Wildman–Crippen LogP) is 2.72. The summed E-state index contributed by atoms with van der Waals surface area (Å²) in [4.78, 5) is 8.66. The van der Waals surface area contributed by atoms with E-state index in [-0.39, 0.29) is 0 Å². The van der Waals surface area contributed by atoms with Crippen LogP contribution in [0, 0.1) is 6.92 Å². The van der Waals surface area contributed by atoms with Crippen LogP contribution in [-0.2, 0) is 0 Å². The molecule has 0 aliphatic heterocycles. The first-order chi connectivity index (χ1) is 9.58. The standard InChI is InChI=1S/C15H17BN3O/c1-5-10(2)17-11(3)16-14-8-6-13(7-9-14)15-18-12(4)20-19-15/h5-9H,1-4H3/b10-5-,17-11?. The molecule has 1 radical (unpaired) electrons. The van der Waals surface area contributed by atoms with Crippen molar-refractivity contribution >= 4 is 18.4 Å². The van der Waals surface area contributed by atoms with Crippen LogP contribution in [0.4, 0.5) is 0 Å². The van der Waals surface area contributed by atoms with Crippen LogP contribution in [0.2, 0.25) is 0 Å². The van der Waals surface area contributed by atoms with Gasteiger partial charge in [0.15, 0.2) is 0 Å². The lowest BCUT2D eigenvalue weighted by molar-refractivity contribution is 0.394. The number of rotatable bonds is 4. The van der Waals surface area contributed by atoms with E-state index in [1.807, 2.05) is 58.4 Å². The second kappa shape index (κ2) is 6.32. The zero-order valence-electron chi connectivity index (χ0n) is 12.2. The molecule has 0 N–H and O–H groups in total. The molecule has 1 heterocycles. The lowest BCUT2D eigenvalue weighted by Crippen LogP contribution is -2.21. The minimum atomic E-state index is 0.570. The molecule has 0 bridgehead atoms. The van der Waals surface area contributed by atoms with Crippen LogP contribution in [0.15, 0.2) is 45.6 Å². The zero-order chi connectivity index (χ0) is 14.5. The van der Waals surface area contributed by atoms with Crippen molar-refractivity contribution in [2.45, 2.75) is 27.7 Å². The minimum absolute atomic E-state index is 0.570. The van der Waals surface area contributed by atoms with Crippen LogP contribution < -0.4 is 5.46 Å². The first kappa shape index (κ1) is 14.2. The van der Waals surface area contributed by atoms with Gasteiger partial charge in [0.1, 0.15) is 0 Å². The Labute approximate surface area is 119 Å². The molecule has 0 aliphatic carbocycles. The van der Waals surface area contributed by atoms with Crippen molar-refractivity contribution < 1.29 is 4.52 Å². The van der Waals surface area contributed by atoms with Crippen molar-refractivity contribution in [2.24, 2.45) is 4.99 Å². The molecule has 4 nitrogen and oxygen atoms in total. The van der Waals surface area contributed by atoms with E-state index in [1.165, 1.54) is 0 Å². The fourth-order valence-corrected chi connectivity index (χ4v) is 1.76. The van der Waals surface area contributed by atoms with Crippen molar-refractivity contribution in [3.63, 3.8) is 0 Å². The van der Waals surface area contributed by atoms with Gasteiger partial charge in [0.25, 0.3) is 0 Å². The molecule has 0 atom stereocenters. The molecule has 2 rings (SSSR count). The fourth-order valence-electron chi connectivity index (χ4n) is 1.76. The van der Waals surface area contributed by atoms with E-state index >= 15 is 0 Å².